The Bertz CT molecular complexity index is 1540. The molecule has 2 aromatic carbocycles. The number of nitrogens with zero attached hydrogens (tertiary/aromatic N) is 4. The summed E-state index contributed by atoms with van der Waals surface area (Å²) in [6.45, 7) is 5.09. The van der Waals surface area contributed by atoms with Crippen LogP contribution >= 0.6 is 0 Å². The Labute approximate surface area is 244 Å². The first kappa shape index (κ1) is 29.2. The summed E-state index contributed by atoms with van der Waals surface area (Å²) in [5, 5.41) is 17.1. The number of hydrogen-bond acceptors (Lipinski definition) is 8. The van der Waals surface area contributed by atoms with Gasteiger partial charge in [0.25, 0.3) is 11.6 Å². The van der Waals surface area contributed by atoms with E-state index in [1.165, 1.54) is 15.6 Å². The molecule has 1 saturated heterocycles. The zero-order chi connectivity index (χ0) is 30.2. The van der Waals surface area contributed by atoms with E-state index in [0.29, 0.717) is 60.9 Å². The molecule has 0 N–H and O–H groups in total. The molecular weight excluding hydrogens is 540 g/mol. The average Bonchev–Trinajstić information content (AvgIpc) is 3.59. The minimum absolute atomic E-state index is 0.0335. The van der Waals surface area contributed by atoms with E-state index in [4.69, 9.17) is 19.3 Å². The van der Waals surface area contributed by atoms with E-state index in [0.717, 1.165) is 18.4 Å². The van der Waals surface area contributed by atoms with Crippen LogP contribution < -0.4 is 9.47 Å². The summed E-state index contributed by atoms with van der Waals surface area (Å²) in [5.41, 5.74) is 2.31. The number of likely N-dealkylation sites (N-methyl/N-ethyl adjacent to an activating group) is 1. The maximum Gasteiger partial charge on any atom is 0.295 e. The third-order valence-corrected chi connectivity index (χ3v) is 7.93. The molecule has 42 heavy (non-hydrogen) atoms. The lowest BCUT2D eigenvalue weighted by molar-refractivity contribution is -0.384. The van der Waals surface area contributed by atoms with Crippen molar-refractivity contribution in [2.24, 2.45) is 5.41 Å². The average molecular weight is 577 g/mol. The van der Waals surface area contributed by atoms with Gasteiger partial charge in [-0.25, -0.2) is 4.68 Å². The van der Waals surface area contributed by atoms with Gasteiger partial charge in [-0.05, 0) is 54.5 Å². The van der Waals surface area contributed by atoms with E-state index in [9.17, 15) is 19.7 Å². The van der Waals surface area contributed by atoms with Crippen LogP contribution in [0.25, 0.3) is 5.69 Å². The number of ketones is 1. The summed E-state index contributed by atoms with van der Waals surface area (Å²) < 4.78 is 18.0. The number of amides is 1. The molecule has 1 aliphatic carbocycles. The predicted octanol–water partition coefficient (Wildman–Crippen LogP) is 4.79. The molecule has 222 valence electrons. The number of carbonyl (C=O) groups is 2. The van der Waals surface area contributed by atoms with E-state index in [1.807, 2.05) is 26.0 Å². The molecule has 3 aromatic rings. The molecule has 1 atom stereocenters. The topological polar surface area (TPSA) is 126 Å². The smallest absolute Gasteiger partial charge is 0.295 e. The Kier molecular flexibility index (Phi) is 8.05. The second-order valence-corrected chi connectivity index (χ2v) is 11.8. The molecule has 1 aliphatic heterocycles. The summed E-state index contributed by atoms with van der Waals surface area (Å²) in [4.78, 5) is 40.0. The molecule has 2 heterocycles. The van der Waals surface area contributed by atoms with Crippen molar-refractivity contribution in [3.05, 3.63) is 74.6 Å². The van der Waals surface area contributed by atoms with Gasteiger partial charge in [0.2, 0.25) is 0 Å². The second-order valence-electron chi connectivity index (χ2n) is 11.8. The molecule has 5 rings (SSSR count). The number of benzene rings is 2. The molecule has 11 heteroatoms. The molecule has 0 bridgehead atoms. The van der Waals surface area contributed by atoms with Crippen LogP contribution in [0.2, 0.25) is 0 Å². The van der Waals surface area contributed by atoms with Crippen molar-refractivity contribution in [1.82, 2.24) is 14.7 Å². The summed E-state index contributed by atoms with van der Waals surface area (Å²) in [6, 6.07) is 9.91. The fraction of sp³-hybridized carbons (Fsp3) is 0.452. The molecule has 1 unspecified atom stereocenters. The number of nitro groups is 1. The lowest BCUT2D eigenvalue weighted by Gasteiger charge is -2.29. The number of hydrogen-bond donors (Lipinski definition) is 0. The van der Waals surface area contributed by atoms with E-state index >= 15 is 0 Å². The SMILES string of the molecule is COc1ccc(Cc2nn(-c3ccc(C(=O)N(C)CC4CCCO4)cc3[N+](=O)[O-])c3c2C(=O)CC(C)(C)C3)cc1OC. The van der Waals surface area contributed by atoms with Crippen LogP contribution in [0.15, 0.2) is 36.4 Å². The lowest BCUT2D eigenvalue weighted by Crippen LogP contribution is -2.34. The van der Waals surface area contributed by atoms with Crippen LogP contribution in [0.1, 0.15) is 70.8 Å². The monoisotopic (exact) mass is 576 g/mol. The van der Waals surface area contributed by atoms with E-state index in [-0.39, 0.29) is 40.1 Å². The normalized spacial score (nSPS) is 17.5. The molecule has 0 saturated carbocycles. The van der Waals surface area contributed by atoms with Gasteiger partial charge in [-0.15, -0.1) is 0 Å². The Morgan fingerprint density at radius 1 is 1.17 bits per heavy atom. The highest BCUT2D eigenvalue weighted by atomic mass is 16.6. The predicted molar refractivity (Wildman–Crippen MR) is 155 cm³/mol. The van der Waals surface area contributed by atoms with Gasteiger partial charge in [-0.2, -0.15) is 5.10 Å². The van der Waals surface area contributed by atoms with Crippen LogP contribution in [0.4, 0.5) is 5.69 Å². The second kappa shape index (κ2) is 11.6. The Morgan fingerprint density at radius 3 is 2.60 bits per heavy atom. The molecule has 0 radical (unpaired) electrons. The van der Waals surface area contributed by atoms with E-state index < -0.39 is 4.92 Å². The minimum atomic E-state index is -0.510. The van der Waals surface area contributed by atoms with Crippen molar-refractivity contribution in [3.8, 4) is 17.2 Å². The van der Waals surface area contributed by atoms with Gasteiger partial charge in [0.1, 0.15) is 5.69 Å². The molecule has 11 nitrogen and oxygen atoms in total. The van der Waals surface area contributed by atoms with Gasteiger partial charge < -0.3 is 19.1 Å². The van der Waals surface area contributed by atoms with E-state index in [1.54, 1.807) is 39.5 Å². The number of carbonyl (C=O) groups excluding carboxylic acids is 2. The first-order chi connectivity index (χ1) is 20.0. The van der Waals surface area contributed by atoms with Gasteiger partial charge in [0.15, 0.2) is 17.3 Å². The zero-order valence-corrected chi connectivity index (χ0v) is 24.6. The van der Waals surface area contributed by atoms with Crippen LogP contribution in [-0.4, -0.2) is 71.8 Å². The maximum absolute atomic E-state index is 13.5. The Balaban J connectivity index is 1.56. The van der Waals surface area contributed by atoms with Gasteiger partial charge in [-0.3, -0.25) is 19.7 Å². The summed E-state index contributed by atoms with van der Waals surface area (Å²) in [7, 11) is 4.78. The van der Waals surface area contributed by atoms with Crippen LogP contribution in [0.3, 0.4) is 0 Å². The molecule has 1 aromatic heterocycles. The van der Waals surface area contributed by atoms with Gasteiger partial charge >= 0.3 is 0 Å². The van der Waals surface area contributed by atoms with E-state index in [2.05, 4.69) is 0 Å². The molecule has 0 spiro atoms. The highest BCUT2D eigenvalue weighted by Crippen LogP contribution is 2.39. The van der Waals surface area contributed by atoms with Gasteiger partial charge in [0, 0.05) is 44.7 Å². The standard InChI is InChI=1S/C31H36N4O7/c1-31(2)16-25-29(26(36)17-31)22(13-19-8-11-27(40-4)28(14-19)41-5)32-34(25)23-10-9-20(15-24(23)35(38)39)30(37)33(3)18-21-7-6-12-42-21/h8-11,14-15,21H,6-7,12-13,16-18H2,1-5H3. The summed E-state index contributed by atoms with van der Waals surface area (Å²) in [6.07, 6.45) is 2.97. The van der Waals surface area contributed by atoms with Crippen LogP contribution in [0, 0.1) is 15.5 Å². The molecule has 1 amide bonds. The number of methoxy groups -OCH3 is 2. The maximum atomic E-state index is 13.5. The highest BCUT2D eigenvalue weighted by Gasteiger charge is 2.38. The molecular formula is C31H36N4O7. The molecule has 1 fully saturated rings. The van der Waals surface area contributed by atoms with Crippen molar-refractivity contribution in [2.45, 2.75) is 52.1 Å². The van der Waals surface area contributed by atoms with Crippen molar-refractivity contribution in [2.75, 3.05) is 34.4 Å². The van der Waals surface area contributed by atoms with Crippen molar-refractivity contribution < 1.29 is 28.7 Å². The fourth-order valence-corrected chi connectivity index (χ4v) is 5.91. The number of nitro benzene ring substituents is 1. The Hall–Kier alpha value is -4.25. The van der Waals surface area contributed by atoms with Crippen LogP contribution in [-0.2, 0) is 17.6 Å². The third kappa shape index (κ3) is 5.74. The first-order valence-corrected chi connectivity index (χ1v) is 14.0. The van der Waals surface area contributed by atoms with Crippen LogP contribution in [0.5, 0.6) is 11.5 Å². The van der Waals surface area contributed by atoms with Gasteiger partial charge in [0.05, 0.1) is 42.2 Å². The first-order valence-electron chi connectivity index (χ1n) is 14.0. The number of aromatic nitrogens is 2. The molecule has 2 aliphatic rings. The van der Waals surface area contributed by atoms with Crippen molar-refractivity contribution >= 4 is 17.4 Å². The Morgan fingerprint density at radius 2 is 1.93 bits per heavy atom. The van der Waals surface area contributed by atoms with Gasteiger partial charge in [-0.1, -0.05) is 19.9 Å². The largest absolute Gasteiger partial charge is 0.493 e. The minimum Gasteiger partial charge on any atom is -0.493 e. The zero-order valence-electron chi connectivity index (χ0n) is 24.6. The summed E-state index contributed by atoms with van der Waals surface area (Å²) >= 11 is 0. The number of ether oxygens (including phenoxy) is 3. The lowest BCUT2D eigenvalue weighted by atomic mass is 9.75. The fourth-order valence-electron chi connectivity index (χ4n) is 5.91. The number of fused-ring (bicyclic) bond motifs is 1. The van der Waals surface area contributed by atoms with Crippen molar-refractivity contribution in [1.29, 1.82) is 0 Å². The number of rotatable bonds is 9. The third-order valence-electron chi connectivity index (χ3n) is 7.93. The number of Topliss-reactive ketones (excluding diaryl/α,β-unsaturated/α-hetero) is 1. The van der Waals surface area contributed by atoms with Crippen molar-refractivity contribution in [3.63, 3.8) is 0 Å². The highest BCUT2D eigenvalue weighted by molar-refractivity contribution is 6.00. The summed E-state index contributed by atoms with van der Waals surface area (Å²) in [5.74, 6) is 0.760. The quantitative estimate of drug-likeness (QED) is 0.263.